The Bertz CT molecular complexity index is 910. The number of nitrogens with zero attached hydrogens (tertiary/aromatic N) is 1. The zero-order valence-corrected chi connectivity index (χ0v) is 15.2. The quantitative estimate of drug-likeness (QED) is 0.449. The lowest BCUT2D eigenvalue weighted by Gasteiger charge is -2.03. The number of carbonyl (C=O) groups is 2. The van der Waals surface area contributed by atoms with Gasteiger partial charge in [-0.1, -0.05) is 18.2 Å². The van der Waals surface area contributed by atoms with Gasteiger partial charge in [-0.2, -0.15) is 0 Å². The number of benzene rings is 2. The Balaban J connectivity index is 1.42. The third-order valence-corrected chi connectivity index (χ3v) is 4.49. The van der Waals surface area contributed by atoms with E-state index in [1.54, 1.807) is 0 Å². The maximum Gasteiger partial charge on any atom is 0.306 e. The van der Waals surface area contributed by atoms with E-state index >= 15 is 0 Å². The van der Waals surface area contributed by atoms with E-state index in [1.807, 2.05) is 35.7 Å². The number of hydrogen-bond acceptors (Lipinski definition) is 6. The van der Waals surface area contributed by atoms with Crippen LogP contribution in [0.25, 0.3) is 0 Å². The highest BCUT2D eigenvalue weighted by Crippen LogP contribution is 2.21. The largest absolute Gasteiger partial charge is 0.459 e. The third-order valence-electron chi connectivity index (χ3n) is 3.68. The van der Waals surface area contributed by atoms with Gasteiger partial charge in [0, 0.05) is 23.1 Å². The highest BCUT2D eigenvalue weighted by molar-refractivity contribution is 7.13. The van der Waals surface area contributed by atoms with E-state index in [1.165, 1.54) is 35.6 Å². The molecule has 0 saturated heterocycles. The third kappa shape index (κ3) is 5.72. The number of rotatable bonds is 8. The molecule has 0 aliphatic rings. The number of ether oxygens (including phenoxy) is 1. The summed E-state index contributed by atoms with van der Waals surface area (Å²) < 4.78 is 18.0. The van der Waals surface area contributed by atoms with Crippen LogP contribution in [0.4, 0.5) is 15.2 Å². The van der Waals surface area contributed by atoms with E-state index in [0.29, 0.717) is 16.4 Å². The number of halogens is 1. The normalized spacial score (nSPS) is 10.4. The smallest absolute Gasteiger partial charge is 0.306 e. The van der Waals surface area contributed by atoms with E-state index in [4.69, 9.17) is 4.74 Å². The van der Waals surface area contributed by atoms with E-state index < -0.39 is 11.8 Å². The molecule has 138 valence electrons. The van der Waals surface area contributed by atoms with Gasteiger partial charge in [-0.05, 0) is 36.4 Å². The first-order chi connectivity index (χ1) is 13.1. The van der Waals surface area contributed by atoms with Gasteiger partial charge >= 0.3 is 5.97 Å². The molecule has 1 heterocycles. The first-order valence-corrected chi connectivity index (χ1v) is 9.19. The average molecular weight is 384 g/mol. The van der Waals surface area contributed by atoms with Gasteiger partial charge in [-0.15, -0.1) is 11.3 Å². The molecule has 1 N–H and O–H groups in total. The number of nitrogens with one attached hydrogen (secondary N) is 1. The lowest BCUT2D eigenvalue weighted by molar-refractivity contribution is -0.145. The van der Waals surface area contributed by atoms with Crippen molar-refractivity contribution in [2.24, 2.45) is 0 Å². The van der Waals surface area contributed by atoms with Gasteiger partial charge in [0.2, 0.25) is 0 Å². The summed E-state index contributed by atoms with van der Waals surface area (Å²) in [6.45, 7) is 0.0521. The molecule has 27 heavy (non-hydrogen) atoms. The van der Waals surface area contributed by atoms with E-state index in [9.17, 15) is 14.0 Å². The monoisotopic (exact) mass is 384 g/mol. The number of aromatic nitrogens is 1. The number of hydrogen-bond donors (Lipinski definition) is 1. The van der Waals surface area contributed by atoms with Crippen LogP contribution >= 0.6 is 11.3 Å². The van der Waals surface area contributed by atoms with E-state index in [2.05, 4.69) is 10.3 Å². The van der Waals surface area contributed by atoms with Gasteiger partial charge in [-0.3, -0.25) is 9.59 Å². The molecule has 2 aromatic carbocycles. The molecule has 0 saturated carbocycles. The predicted octanol–water partition coefficient (Wildman–Crippen LogP) is 4.73. The Kier molecular flexibility index (Phi) is 6.27. The van der Waals surface area contributed by atoms with Crippen molar-refractivity contribution in [1.82, 2.24) is 4.98 Å². The Morgan fingerprint density at radius 3 is 2.52 bits per heavy atom. The number of ketones is 1. The van der Waals surface area contributed by atoms with Crippen molar-refractivity contribution >= 4 is 33.9 Å². The molecule has 0 bridgehead atoms. The lowest BCUT2D eigenvalue weighted by atomic mass is 10.1. The Labute approximate surface area is 159 Å². The zero-order chi connectivity index (χ0) is 19.1. The van der Waals surface area contributed by atoms with E-state index in [0.717, 1.165) is 5.69 Å². The maximum atomic E-state index is 12.9. The molecular formula is C20H17FN2O3S. The number of thiazole rings is 1. The van der Waals surface area contributed by atoms with Crippen molar-refractivity contribution in [3.8, 4) is 0 Å². The molecule has 0 fully saturated rings. The van der Waals surface area contributed by atoms with Crippen LogP contribution in [-0.4, -0.2) is 16.7 Å². The van der Waals surface area contributed by atoms with Crippen LogP contribution in [-0.2, 0) is 16.1 Å². The molecular weight excluding hydrogens is 367 g/mol. The minimum absolute atomic E-state index is 0.0162. The molecule has 0 unspecified atom stereocenters. The second-order valence-corrected chi connectivity index (χ2v) is 6.58. The fraction of sp³-hybridized carbons (Fsp3) is 0.150. The summed E-state index contributed by atoms with van der Waals surface area (Å²) in [6.07, 6.45) is -0.0161. The molecule has 0 amide bonds. The number of carbonyl (C=O) groups excluding carboxylic acids is 2. The fourth-order valence-corrected chi connectivity index (χ4v) is 3.01. The summed E-state index contributed by atoms with van der Waals surface area (Å²) in [5, 5.41) is 5.68. The number of anilines is 2. The van der Waals surface area contributed by atoms with Crippen molar-refractivity contribution in [3.05, 3.63) is 77.1 Å². The van der Waals surface area contributed by atoms with Gasteiger partial charge in [0.25, 0.3) is 0 Å². The highest BCUT2D eigenvalue weighted by Gasteiger charge is 2.11. The molecule has 0 spiro atoms. The Morgan fingerprint density at radius 2 is 1.78 bits per heavy atom. The van der Waals surface area contributed by atoms with Crippen molar-refractivity contribution in [2.45, 2.75) is 19.4 Å². The summed E-state index contributed by atoms with van der Waals surface area (Å²) in [6, 6.07) is 14.9. The summed E-state index contributed by atoms with van der Waals surface area (Å²) in [4.78, 5) is 28.1. The van der Waals surface area contributed by atoms with Crippen LogP contribution in [0.15, 0.2) is 60.0 Å². The standard InChI is InChI=1S/C20H17FN2O3S/c21-15-8-6-14(7-9-15)18(24)10-11-19(25)26-12-17-13-27-20(23-17)22-16-4-2-1-3-5-16/h1-9,13H,10-12H2,(H,22,23). The van der Waals surface area contributed by atoms with Gasteiger partial charge in [0.05, 0.1) is 12.1 Å². The van der Waals surface area contributed by atoms with Crippen molar-refractivity contribution in [2.75, 3.05) is 5.32 Å². The number of Topliss-reactive ketones (excluding diaryl/α,β-unsaturated/α-hetero) is 1. The Hall–Kier alpha value is -3.06. The van der Waals surface area contributed by atoms with Gasteiger partial charge in [0.15, 0.2) is 10.9 Å². The lowest BCUT2D eigenvalue weighted by Crippen LogP contribution is -2.08. The molecule has 5 nitrogen and oxygen atoms in total. The summed E-state index contributed by atoms with van der Waals surface area (Å²) in [5.41, 5.74) is 1.94. The van der Waals surface area contributed by atoms with Crippen LogP contribution in [0.5, 0.6) is 0 Å². The zero-order valence-electron chi connectivity index (χ0n) is 14.4. The van der Waals surface area contributed by atoms with Crippen molar-refractivity contribution in [3.63, 3.8) is 0 Å². The topological polar surface area (TPSA) is 68.3 Å². The average Bonchev–Trinajstić information content (AvgIpc) is 3.13. The molecule has 0 aliphatic carbocycles. The Morgan fingerprint density at radius 1 is 1.04 bits per heavy atom. The van der Waals surface area contributed by atoms with Crippen molar-refractivity contribution < 1.29 is 18.7 Å². The molecule has 0 aliphatic heterocycles. The van der Waals surface area contributed by atoms with Crippen molar-refractivity contribution in [1.29, 1.82) is 0 Å². The summed E-state index contributed by atoms with van der Waals surface area (Å²) in [7, 11) is 0. The first kappa shape index (κ1) is 18.7. The minimum atomic E-state index is -0.476. The molecule has 0 radical (unpaired) electrons. The summed E-state index contributed by atoms with van der Waals surface area (Å²) in [5.74, 6) is -1.11. The van der Waals surface area contributed by atoms with Gasteiger partial charge in [-0.25, -0.2) is 9.37 Å². The van der Waals surface area contributed by atoms with Gasteiger partial charge < -0.3 is 10.1 Å². The molecule has 7 heteroatoms. The summed E-state index contributed by atoms with van der Waals surface area (Å²) >= 11 is 1.41. The van der Waals surface area contributed by atoms with Crippen LogP contribution in [0, 0.1) is 5.82 Å². The molecule has 3 rings (SSSR count). The van der Waals surface area contributed by atoms with Crippen LogP contribution in [0.1, 0.15) is 28.9 Å². The molecule has 0 atom stereocenters. The highest BCUT2D eigenvalue weighted by atomic mass is 32.1. The SMILES string of the molecule is O=C(CCC(=O)c1ccc(F)cc1)OCc1csc(Nc2ccccc2)n1. The van der Waals surface area contributed by atoms with E-state index in [-0.39, 0.29) is 25.2 Å². The van der Waals surface area contributed by atoms with Crippen LogP contribution in [0.3, 0.4) is 0 Å². The van der Waals surface area contributed by atoms with Crippen LogP contribution < -0.4 is 5.32 Å². The number of esters is 1. The van der Waals surface area contributed by atoms with Crippen LogP contribution in [0.2, 0.25) is 0 Å². The minimum Gasteiger partial charge on any atom is -0.459 e. The fourth-order valence-electron chi connectivity index (χ4n) is 2.30. The second-order valence-electron chi connectivity index (χ2n) is 5.73. The number of para-hydroxylation sites is 1. The predicted molar refractivity (Wildman–Crippen MR) is 102 cm³/mol. The molecule has 1 aromatic heterocycles. The first-order valence-electron chi connectivity index (χ1n) is 8.31. The second kappa shape index (κ2) is 9.05. The molecule has 3 aromatic rings. The maximum absolute atomic E-state index is 12.9. The van der Waals surface area contributed by atoms with Gasteiger partial charge in [0.1, 0.15) is 12.4 Å².